The molecule has 0 aliphatic carbocycles. The molecule has 6 nitrogen and oxygen atoms in total. The lowest BCUT2D eigenvalue weighted by Crippen LogP contribution is -2.58. The molecular formula is C13H24N2O4. The number of piperidine rings is 1. The van der Waals surface area contributed by atoms with Gasteiger partial charge >= 0.3 is 12.0 Å². The van der Waals surface area contributed by atoms with Crippen LogP contribution in [0.1, 0.15) is 33.6 Å². The van der Waals surface area contributed by atoms with Crippen molar-refractivity contribution < 1.29 is 19.4 Å². The van der Waals surface area contributed by atoms with E-state index in [0.717, 1.165) is 12.8 Å². The van der Waals surface area contributed by atoms with Crippen LogP contribution < -0.4 is 0 Å². The smallest absolute Gasteiger partial charge is 0.329 e. The van der Waals surface area contributed by atoms with E-state index in [2.05, 4.69) is 0 Å². The van der Waals surface area contributed by atoms with Crippen LogP contribution in [0.2, 0.25) is 0 Å². The number of hydrogen-bond donors (Lipinski definition) is 1. The molecule has 0 bridgehead atoms. The molecule has 1 rings (SSSR count). The predicted octanol–water partition coefficient (Wildman–Crippen LogP) is 1.40. The molecule has 19 heavy (non-hydrogen) atoms. The lowest BCUT2D eigenvalue weighted by Gasteiger charge is -2.40. The molecule has 2 amide bonds. The van der Waals surface area contributed by atoms with Crippen LogP contribution in [-0.2, 0) is 9.53 Å². The number of carboxylic acids is 1. The van der Waals surface area contributed by atoms with E-state index in [9.17, 15) is 14.7 Å². The van der Waals surface area contributed by atoms with Gasteiger partial charge in [-0.05, 0) is 33.6 Å². The first kappa shape index (κ1) is 15.8. The lowest BCUT2D eigenvalue weighted by molar-refractivity contribution is -0.147. The van der Waals surface area contributed by atoms with Gasteiger partial charge in [0.1, 0.15) is 5.54 Å². The Kier molecular flexibility index (Phi) is 5.17. The molecule has 0 aromatic carbocycles. The molecule has 0 atom stereocenters. The molecule has 1 fully saturated rings. The summed E-state index contributed by atoms with van der Waals surface area (Å²) in [6, 6.07) is -0.204. The Morgan fingerprint density at radius 1 is 1.37 bits per heavy atom. The van der Waals surface area contributed by atoms with Gasteiger partial charge in [-0.25, -0.2) is 9.59 Å². The number of likely N-dealkylation sites (tertiary alicyclic amines) is 1. The number of rotatable bonds is 4. The van der Waals surface area contributed by atoms with Crippen molar-refractivity contribution in [2.75, 3.05) is 26.7 Å². The van der Waals surface area contributed by atoms with Crippen molar-refractivity contribution in [1.29, 1.82) is 0 Å². The summed E-state index contributed by atoms with van der Waals surface area (Å²) in [7, 11) is 1.67. The quantitative estimate of drug-likeness (QED) is 0.840. The number of ether oxygens (including phenoxy) is 1. The maximum Gasteiger partial charge on any atom is 0.329 e. The average molecular weight is 272 g/mol. The van der Waals surface area contributed by atoms with Crippen LogP contribution in [0.4, 0.5) is 4.79 Å². The third-order valence-electron chi connectivity index (χ3n) is 3.79. The van der Waals surface area contributed by atoms with Gasteiger partial charge in [-0.1, -0.05) is 0 Å². The van der Waals surface area contributed by atoms with Crippen molar-refractivity contribution in [3.63, 3.8) is 0 Å². The Morgan fingerprint density at radius 2 is 1.89 bits per heavy atom. The highest BCUT2D eigenvalue weighted by Crippen LogP contribution is 2.20. The van der Waals surface area contributed by atoms with E-state index in [0.29, 0.717) is 19.6 Å². The van der Waals surface area contributed by atoms with Gasteiger partial charge < -0.3 is 19.6 Å². The van der Waals surface area contributed by atoms with Crippen molar-refractivity contribution >= 4 is 12.0 Å². The molecule has 1 saturated heterocycles. The molecule has 1 aliphatic heterocycles. The zero-order valence-electron chi connectivity index (χ0n) is 12.2. The largest absolute Gasteiger partial charge is 0.480 e. The number of hydrogen-bond acceptors (Lipinski definition) is 3. The topological polar surface area (TPSA) is 70.1 Å². The van der Waals surface area contributed by atoms with E-state index >= 15 is 0 Å². The van der Waals surface area contributed by atoms with Gasteiger partial charge in [-0.2, -0.15) is 0 Å². The van der Waals surface area contributed by atoms with Gasteiger partial charge in [0.2, 0.25) is 0 Å². The highest BCUT2D eigenvalue weighted by Gasteiger charge is 2.39. The van der Waals surface area contributed by atoms with Gasteiger partial charge in [0.25, 0.3) is 0 Å². The third-order valence-corrected chi connectivity index (χ3v) is 3.79. The maximum atomic E-state index is 12.4. The number of aliphatic carboxylic acids is 1. The van der Waals surface area contributed by atoms with Gasteiger partial charge in [-0.3, -0.25) is 0 Å². The van der Waals surface area contributed by atoms with Gasteiger partial charge in [0, 0.05) is 26.7 Å². The summed E-state index contributed by atoms with van der Waals surface area (Å²) in [4.78, 5) is 26.8. The van der Waals surface area contributed by atoms with Crippen molar-refractivity contribution in [3.05, 3.63) is 0 Å². The SMILES string of the molecule is CCN(C(=O)N1CCC(OC)CC1)C(C)(C)C(=O)O. The van der Waals surface area contributed by atoms with Crippen LogP contribution in [0.25, 0.3) is 0 Å². The minimum Gasteiger partial charge on any atom is -0.480 e. The van der Waals surface area contributed by atoms with Crippen molar-refractivity contribution in [3.8, 4) is 0 Å². The van der Waals surface area contributed by atoms with Gasteiger partial charge in [0.05, 0.1) is 6.10 Å². The first-order valence-corrected chi connectivity index (χ1v) is 6.67. The zero-order valence-corrected chi connectivity index (χ0v) is 12.2. The molecule has 6 heteroatoms. The number of likely N-dealkylation sites (N-methyl/N-ethyl adjacent to an activating group) is 1. The van der Waals surface area contributed by atoms with Crippen molar-refractivity contribution in [2.45, 2.75) is 45.3 Å². The number of urea groups is 1. The van der Waals surface area contributed by atoms with Gasteiger partial charge in [0.15, 0.2) is 0 Å². The van der Waals surface area contributed by atoms with Crippen molar-refractivity contribution in [2.24, 2.45) is 0 Å². The van der Waals surface area contributed by atoms with Crippen LogP contribution in [0.15, 0.2) is 0 Å². The summed E-state index contributed by atoms with van der Waals surface area (Å²) in [5.74, 6) is -0.991. The second kappa shape index (κ2) is 6.23. The number of methoxy groups -OCH3 is 1. The maximum absolute atomic E-state index is 12.4. The second-order valence-corrected chi connectivity index (χ2v) is 5.31. The predicted molar refractivity (Wildman–Crippen MR) is 71.1 cm³/mol. The van der Waals surface area contributed by atoms with Crippen LogP contribution >= 0.6 is 0 Å². The highest BCUT2D eigenvalue weighted by atomic mass is 16.5. The molecule has 1 heterocycles. The first-order valence-electron chi connectivity index (χ1n) is 6.67. The summed E-state index contributed by atoms with van der Waals surface area (Å²) in [6.07, 6.45) is 1.80. The van der Waals surface area contributed by atoms with Gasteiger partial charge in [-0.15, -0.1) is 0 Å². The van der Waals surface area contributed by atoms with E-state index < -0.39 is 11.5 Å². The molecule has 0 spiro atoms. The molecule has 0 aromatic heterocycles. The Morgan fingerprint density at radius 3 is 2.26 bits per heavy atom. The monoisotopic (exact) mass is 272 g/mol. The summed E-state index contributed by atoms with van der Waals surface area (Å²) in [5, 5.41) is 9.24. The standard InChI is InChI=1S/C13H24N2O4/c1-5-15(13(2,3)11(16)17)12(18)14-8-6-10(19-4)7-9-14/h10H,5-9H2,1-4H3,(H,16,17). The fraction of sp³-hybridized carbons (Fsp3) is 0.846. The number of carbonyl (C=O) groups is 2. The number of carboxylic acid groups (broad SMARTS) is 1. The summed E-state index contributed by atoms with van der Waals surface area (Å²) >= 11 is 0. The third kappa shape index (κ3) is 3.37. The summed E-state index contributed by atoms with van der Waals surface area (Å²) in [5.41, 5.74) is -1.19. The number of amides is 2. The Bertz CT molecular complexity index is 336. The normalized spacial score (nSPS) is 17.4. The van der Waals surface area contributed by atoms with Crippen LogP contribution in [0.5, 0.6) is 0 Å². The van der Waals surface area contributed by atoms with Crippen LogP contribution in [-0.4, -0.2) is 65.3 Å². The molecule has 0 radical (unpaired) electrons. The number of nitrogens with zero attached hydrogens (tertiary/aromatic N) is 2. The van der Waals surface area contributed by atoms with Crippen LogP contribution in [0, 0.1) is 0 Å². The van der Waals surface area contributed by atoms with E-state index in [4.69, 9.17) is 4.74 Å². The molecule has 1 N–H and O–H groups in total. The molecule has 0 aromatic rings. The van der Waals surface area contributed by atoms with E-state index in [1.165, 1.54) is 4.90 Å². The highest BCUT2D eigenvalue weighted by molar-refractivity contribution is 5.85. The molecule has 110 valence electrons. The summed E-state index contributed by atoms with van der Waals surface area (Å²) < 4.78 is 5.27. The Hall–Kier alpha value is -1.30. The number of carbonyl (C=O) groups excluding carboxylic acids is 1. The van der Waals surface area contributed by atoms with E-state index in [-0.39, 0.29) is 12.1 Å². The van der Waals surface area contributed by atoms with Crippen molar-refractivity contribution in [1.82, 2.24) is 9.80 Å². The molecule has 0 saturated carbocycles. The van der Waals surface area contributed by atoms with Crippen LogP contribution in [0.3, 0.4) is 0 Å². The molecular weight excluding hydrogens is 248 g/mol. The fourth-order valence-electron chi connectivity index (χ4n) is 2.34. The molecule has 1 aliphatic rings. The minimum absolute atomic E-state index is 0.201. The fourth-order valence-corrected chi connectivity index (χ4v) is 2.34. The lowest BCUT2D eigenvalue weighted by atomic mass is 10.0. The van der Waals surface area contributed by atoms with E-state index in [1.54, 1.807) is 32.8 Å². The van der Waals surface area contributed by atoms with E-state index in [1.807, 2.05) is 0 Å². The Balaban J connectivity index is 2.73. The Labute approximate surface area is 114 Å². The molecule has 0 unspecified atom stereocenters. The second-order valence-electron chi connectivity index (χ2n) is 5.31. The first-order chi connectivity index (χ1) is 8.84. The summed E-state index contributed by atoms with van der Waals surface area (Å²) in [6.45, 7) is 6.51. The minimum atomic E-state index is -1.19. The average Bonchev–Trinajstić information content (AvgIpc) is 2.39. The zero-order chi connectivity index (χ0) is 14.6.